The Labute approximate surface area is 123 Å². The van der Waals surface area contributed by atoms with Crippen molar-refractivity contribution in [1.82, 2.24) is 0 Å². The van der Waals surface area contributed by atoms with Gasteiger partial charge in [0.1, 0.15) is 23.6 Å². The second kappa shape index (κ2) is 3.21. The highest BCUT2D eigenvalue weighted by Gasteiger charge is 2.28. The fraction of sp³-hybridized carbons (Fsp3) is 0. The molecule has 4 nitrogen and oxygen atoms in total. The van der Waals surface area contributed by atoms with E-state index in [1.807, 2.05) is 0 Å². The van der Waals surface area contributed by atoms with Crippen molar-refractivity contribution in [3.63, 3.8) is 0 Å². The number of nitriles is 2. The molecule has 0 heterocycles. The van der Waals surface area contributed by atoms with Crippen LogP contribution in [0.25, 0.3) is 43.1 Å². The van der Waals surface area contributed by atoms with Crippen molar-refractivity contribution in [2.24, 2.45) is 0 Å². The minimum absolute atomic E-state index is 0.126. The Morgan fingerprint density at radius 1 is 0.591 bits per heavy atom. The van der Waals surface area contributed by atoms with E-state index in [1.54, 1.807) is 24.3 Å². The topological polar surface area (TPSA) is 88.0 Å². The van der Waals surface area contributed by atoms with E-state index in [2.05, 4.69) is 12.1 Å². The fourth-order valence-electron chi connectivity index (χ4n) is 3.49. The predicted octanol–water partition coefficient (Wildman–Crippen LogP) is 3.77. The van der Waals surface area contributed by atoms with Gasteiger partial charge >= 0.3 is 0 Å². The molecule has 0 spiro atoms. The van der Waals surface area contributed by atoms with Gasteiger partial charge in [0, 0.05) is 21.5 Å². The third-order valence-corrected chi connectivity index (χ3v) is 4.43. The standard InChI is InChI=1S/C18H6N2O2/c19-5-13-15-9-1-7(21)2-10(9)16-14(6-20)18(16)12-4-8(22)3-11(12)17(13)15/h1-4,21-22H. The van der Waals surface area contributed by atoms with E-state index in [4.69, 9.17) is 0 Å². The van der Waals surface area contributed by atoms with Crippen LogP contribution in [0.3, 0.4) is 0 Å². The molecule has 0 bridgehead atoms. The van der Waals surface area contributed by atoms with Gasteiger partial charge in [0.05, 0.1) is 11.1 Å². The first-order valence-electron chi connectivity index (χ1n) is 6.70. The number of hydrogen-bond acceptors (Lipinski definition) is 4. The minimum atomic E-state index is 0.126. The Bertz CT molecular complexity index is 1120. The van der Waals surface area contributed by atoms with Gasteiger partial charge in [0.25, 0.3) is 0 Å². The van der Waals surface area contributed by atoms with E-state index < -0.39 is 0 Å². The van der Waals surface area contributed by atoms with E-state index in [0.717, 1.165) is 43.1 Å². The lowest BCUT2D eigenvalue weighted by Crippen LogP contribution is -1.55. The lowest BCUT2D eigenvalue weighted by molar-refractivity contribution is 0.477. The molecule has 5 aromatic carbocycles. The highest BCUT2D eigenvalue weighted by atomic mass is 16.3. The zero-order chi connectivity index (χ0) is 15.2. The van der Waals surface area contributed by atoms with Gasteiger partial charge < -0.3 is 10.2 Å². The van der Waals surface area contributed by atoms with E-state index in [0.29, 0.717) is 11.1 Å². The Morgan fingerprint density at radius 2 is 0.864 bits per heavy atom. The molecule has 0 aliphatic rings. The van der Waals surface area contributed by atoms with Gasteiger partial charge in [-0.1, -0.05) is 0 Å². The maximum absolute atomic E-state index is 9.84. The molecule has 0 aliphatic carbocycles. The molecule has 0 fully saturated rings. The second-order valence-electron chi connectivity index (χ2n) is 5.56. The van der Waals surface area contributed by atoms with Crippen LogP contribution in [0.5, 0.6) is 11.5 Å². The third-order valence-electron chi connectivity index (χ3n) is 4.43. The fourth-order valence-corrected chi connectivity index (χ4v) is 3.49. The maximum Gasteiger partial charge on any atom is 0.116 e. The summed E-state index contributed by atoms with van der Waals surface area (Å²) in [6.45, 7) is 0. The SMILES string of the molecule is N#Cc1c2c3cc(O)cc3c3c(C#N)c3c3cc(O)cc3c12. The van der Waals surface area contributed by atoms with Gasteiger partial charge in [0.15, 0.2) is 0 Å². The molecule has 100 valence electrons. The monoisotopic (exact) mass is 282 g/mol. The maximum atomic E-state index is 9.84. The highest BCUT2D eigenvalue weighted by molar-refractivity contribution is 6.40. The molecule has 0 atom stereocenters. The van der Waals surface area contributed by atoms with Crippen LogP contribution >= 0.6 is 0 Å². The van der Waals surface area contributed by atoms with Crippen LogP contribution in [0.2, 0.25) is 0 Å². The molecule has 0 saturated heterocycles. The van der Waals surface area contributed by atoms with Gasteiger partial charge in [-0.2, -0.15) is 10.5 Å². The zero-order valence-electron chi connectivity index (χ0n) is 11.1. The van der Waals surface area contributed by atoms with Crippen molar-refractivity contribution in [3.8, 4) is 23.6 Å². The van der Waals surface area contributed by atoms with Gasteiger partial charge in [-0.05, 0) is 45.8 Å². The Balaban J connectivity index is 2.19. The molecule has 4 heteroatoms. The van der Waals surface area contributed by atoms with E-state index in [-0.39, 0.29) is 11.5 Å². The average molecular weight is 282 g/mol. The summed E-state index contributed by atoms with van der Waals surface area (Å²) in [6, 6.07) is 10.9. The van der Waals surface area contributed by atoms with Gasteiger partial charge in [-0.15, -0.1) is 0 Å². The molecule has 0 unspecified atom stereocenters. The van der Waals surface area contributed by atoms with E-state index in [1.165, 1.54) is 0 Å². The third kappa shape index (κ3) is 1.08. The summed E-state index contributed by atoms with van der Waals surface area (Å²) >= 11 is 0. The zero-order valence-corrected chi connectivity index (χ0v) is 11.1. The second-order valence-corrected chi connectivity index (χ2v) is 5.56. The lowest BCUT2D eigenvalue weighted by atomic mass is 10.2. The Morgan fingerprint density at radius 3 is 1.09 bits per heavy atom. The summed E-state index contributed by atoms with van der Waals surface area (Å²) in [5.74, 6) is 0.253. The van der Waals surface area contributed by atoms with Crippen molar-refractivity contribution >= 4 is 43.1 Å². The summed E-state index contributed by atoms with van der Waals surface area (Å²) in [7, 11) is 0. The summed E-state index contributed by atoms with van der Waals surface area (Å²) in [5.41, 5.74) is 1.17. The Hall–Kier alpha value is -3.50. The van der Waals surface area contributed by atoms with E-state index >= 15 is 0 Å². The van der Waals surface area contributed by atoms with Crippen LogP contribution in [0, 0.1) is 22.7 Å². The number of nitrogens with zero attached hydrogens (tertiary/aromatic N) is 2. The largest absolute Gasteiger partial charge is 0.508 e. The van der Waals surface area contributed by atoms with Crippen molar-refractivity contribution in [2.75, 3.05) is 0 Å². The lowest BCUT2D eigenvalue weighted by Gasteiger charge is -1.83. The number of rotatable bonds is 0. The summed E-state index contributed by atoms with van der Waals surface area (Å²) in [5, 5.41) is 44.7. The molecule has 5 rings (SSSR count). The first-order valence-corrected chi connectivity index (χ1v) is 6.70. The number of hydrogen-bond donors (Lipinski definition) is 2. The van der Waals surface area contributed by atoms with Crippen LogP contribution in [-0.2, 0) is 0 Å². The molecule has 2 N–H and O–H groups in total. The van der Waals surface area contributed by atoms with Crippen LogP contribution < -0.4 is 0 Å². The quantitative estimate of drug-likeness (QED) is 0.452. The van der Waals surface area contributed by atoms with Gasteiger partial charge in [-0.25, -0.2) is 0 Å². The first-order chi connectivity index (χ1) is 10.7. The normalized spacial score (nSPS) is 11.9. The summed E-state index contributed by atoms with van der Waals surface area (Å²) in [6.07, 6.45) is 0. The van der Waals surface area contributed by atoms with Gasteiger partial charge in [0.2, 0.25) is 0 Å². The van der Waals surface area contributed by atoms with Crippen molar-refractivity contribution in [1.29, 1.82) is 10.5 Å². The highest BCUT2D eigenvalue weighted by Crippen LogP contribution is 2.52. The smallest absolute Gasteiger partial charge is 0.116 e. The summed E-state index contributed by atoms with van der Waals surface area (Å²) in [4.78, 5) is 0. The molecule has 0 aromatic heterocycles. The molecule has 0 radical (unpaired) electrons. The average Bonchev–Trinajstić information content (AvgIpc) is 3.31. The molecule has 22 heavy (non-hydrogen) atoms. The number of fused-ring (bicyclic) bond motifs is 8. The van der Waals surface area contributed by atoms with Crippen molar-refractivity contribution < 1.29 is 10.2 Å². The summed E-state index contributed by atoms with van der Waals surface area (Å²) < 4.78 is 0. The van der Waals surface area contributed by atoms with Crippen molar-refractivity contribution in [2.45, 2.75) is 0 Å². The molecule has 0 amide bonds. The molecule has 0 saturated carbocycles. The first kappa shape index (κ1) is 11.2. The van der Waals surface area contributed by atoms with Gasteiger partial charge in [-0.3, -0.25) is 0 Å². The minimum Gasteiger partial charge on any atom is -0.508 e. The molecule has 0 aliphatic heterocycles. The van der Waals surface area contributed by atoms with Crippen LogP contribution in [-0.4, -0.2) is 10.2 Å². The Kier molecular flexibility index (Phi) is 1.64. The van der Waals surface area contributed by atoms with E-state index in [9.17, 15) is 20.7 Å². The number of aromatic hydroxyl groups is 2. The van der Waals surface area contributed by atoms with Crippen molar-refractivity contribution in [3.05, 3.63) is 35.4 Å². The predicted molar refractivity (Wildman–Crippen MR) is 82.8 cm³/mol. The van der Waals surface area contributed by atoms with Crippen LogP contribution in [0.4, 0.5) is 0 Å². The van der Waals surface area contributed by atoms with Crippen LogP contribution in [0.1, 0.15) is 11.1 Å². The molecular weight excluding hydrogens is 276 g/mol. The molecular formula is C18H6N2O2. The van der Waals surface area contributed by atoms with Crippen LogP contribution in [0.15, 0.2) is 24.3 Å². The molecule has 5 aromatic rings.